The third-order valence-corrected chi connectivity index (χ3v) is 7.45. The van der Waals surface area contributed by atoms with Crippen molar-refractivity contribution in [3.8, 4) is 5.75 Å². The number of rotatable bonds is 6. The molecule has 1 aromatic carbocycles. The van der Waals surface area contributed by atoms with Crippen molar-refractivity contribution in [2.75, 3.05) is 70.9 Å². The average molecular weight is 472 g/mol. The second-order valence-electron chi connectivity index (χ2n) is 10.1. The highest BCUT2D eigenvalue weighted by Crippen LogP contribution is 2.36. The zero-order valence-electron chi connectivity index (χ0n) is 21.1. The molecule has 8 nitrogen and oxygen atoms in total. The third-order valence-electron chi connectivity index (χ3n) is 7.45. The Morgan fingerprint density at radius 2 is 1.82 bits per heavy atom. The number of carbonyl (C=O) groups excluding carboxylic acids is 2. The molecule has 0 bridgehead atoms. The molecule has 0 spiro atoms. The van der Waals surface area contributed by atoms with E-state index in [1.165, 1.54) is 0 Å². The van der Waals surface area contributed by atoms with Gasteiger partial charge in [0.05, 0.1) is 12.2 Å². The number of anilines is 1. The van der Waals surface area contributed by atoms with Crippen LogP contribution >= 0.6 is 0 Å². The zero-order chi connectivity index (χ0) is 24.1. The van der Waals surface area contributed by atoms with Crippen molar-refractivity contribution in [3.63, 3.8) is 0 Å². The van der Waals surface area contributed by atoms with Crippen LogP contribution in [0.3, 0.4) is 0 Å². The van der Waals surface area contributed by atoms with Crippen LogP contribution in [0.2, 0.25) is 0 Å². The largest absolute Gasteiger partial charge is 0.486 e. The van der Waals surface area contributed by atoms with Crippen LogP contribution in [0, 0.1) is 12.8 Å². The van der Waals surface area contributed by atoms with E-state index in [2.05, 4.69) is 29.1 Å². The molecule has 0 saturated carbocycles. The summed E-state index contributed by atoms with van der Waals surface area (Å²) in [5.74, 6) is 0.919. The maximum absolute atomic E-state index is 13.4. The number of likely N-dealkylation sites (tertiary alicyclic amines) is 1. The third kappa shape index (κ3) is 6.02. The minimum atomic E-state index is -0.00436. The Labute approximate surface area is 204 Å². The van der Waals surface area contributed by atoms with Gasteiger partial charge in [0.1, 0.15) is 11.9 Å². The molecular weight excluding hydrogens is 430 g/mol. The average Bonchev–Trinajstić information content (AvgIpc) is 2.86. The Morgan fingerprint density at radius 3 is 2.53 bits per heavy atom. The first kappa shape index (κ1) is 24.8. The fourth-order valence-electron chi connectivity index (χ4n) is 5.08. The lowest BCUT2D eigenvalue weighted by molar-refractivity contribution is -0.126. The first-order chi connectivity index (χ1) is 16.4. The zero-order valence-corrected chi connectivity index (χ0v) is 21.1. The van der Waals surface area contributed by atoms with Crippen LogP contribution in [0.15, 0.2) is 18.2 Å². The Kier molecular flexibility index (Phi) is 8.32. The molecule has 1 aromatic rings. The van der Waals surface area contributed by atoms with Gasteiger partial charge in [0.15, 0.2) is 0 Å². The molecule has 3 amide bonds. The van der Waals surface area contributed by atoms with Gasteiger partial charge in [0.2, 0.25) is 5.91 Å². The van der Waals surface area contributed by atoms with Gasteiger partial charge in [0.25, 0.3) is 0 Å². The van der Waals surface area contributed by atoms with E-state index in [9.17, 15) is 9.59 Å². The van der Waals surface area contributed by atoms with Gasteiger partial charge in [-0.25, -0.2) is 4.79 Å². The van der Waals surface area contributed by atoms with Crippen molar-refractivity contribution in [2.24, 2.45) is 5.92 Å². The van der Waals surface area contributed by atoms with Crippen LogP contribution in [-0.4, -0.2) is 98.7 Å². The van der Waals surface area contributed by atoms with E-state index >= 15 is 0 Å². The van der Waals surface area contributed by atoms with Gasteiger partial charge in [-0.15, -0.1) is 0 Å². The Morgan fingerprint density at radius 1 is 1.09 bits per heavy atom. The second kappa shape index (κ2) is 11.4. The fraction of sp³-hybridized carbons (Fsp3) is 0.692. The van der Waals surface area contributed by atoms with Crippen LogP contribution in [-0.2, 0) is 4.79 Å². The van der Waals surface area contributed by atoms with Crippen molar-refractivity contribution in [3.05, 3.63) is 23.8 Å². The molecule has 3 heterocycles. The SMILES string of the molecule is CC[C@H]1CN(C(=O)N2CCC(C(=O)NCCCN3CCN(C)CC3)CC2)c2cc(C)ccc2O1. The number of piperazine rings is 1. The lowest BCUT2D eigenvalue weighted by Gasteiger charge is -2.39. The highest BCUT2D eigenvalue weighted by Gasteiger charge is 2.34. The fourth-order valence-corrected chi connectivity index (χ4v) is 5.08. The van der Waals surface area contributed by atoms with E-state index in [1.54, 1.807) is 0 Å². The normalized spacial score (nSPS) is 22.3. The van der Waals surface area contributed by atoms with Crippen LogP contribution in [0.5, 0.6) is 5.75 Å². The molecule has 34 heavy (non-hydrogen) atoms. The summed E-state index contributed by atoms with van der Waals surface area (Å²) in [6.45, 7) is 12.2. The first-order valence-electron chi connectivity index (χ1n) is 13.0. The number of urea groups is 1. The first-order valence-corrected chi connectivity index (χ1v) is 13.0. The molecule has 2 fully saturated rings. The summed E-state index contributed by atoms with van der Waals surface area (Å²) in [5, 5.41) is 3.13. The van der Waals surface area contributed by atoms with Gasteiger partial charge in [0, 0.05) is 51.7 Å². The Balaban J connectivity index is 1.23. The standard InChI is InChI=1S/C26H41N5O3/c1-4-22-19-31(23-18-20(2)6-7-24(23)34-22)26(33)30-12-8-21(9-13-30)25(32)27-10-5-11-29-16-14-28(3)15-17-29/h6-7,18,21-22H,4-5,8-17,19H2,1-3H3,(H,27,32)/t22-/m0/s1. The monoisotopic (exact) mass is 471 g/mol. The number of carbonyl (C=O) groups is 2. The number of amides is 3. The van der Waals surface area contributed by atoms with Crippen LogP contribution in [0.1, 0.15) is 38.2 Å². The number of aryl methyl sites for hydroxylation is 1. The summed E-state index contributed by atoms with van der Waals surface area (Å²) in [5.41, 5.74) is 1.97. The highest BCUT2D eigenvalue weighted by atomic mass is 16.5. The minimum absolute atomic E-state index is 0.00436. The molecule has 1 atom stereocenters. The van der Waals surface area contributed by atoms with Gasteiger partial charge < -0.3 is 24.8 Å². The lowest BCUT2D eigenvalue weighted by atomic mass is 9.96. The maximum atomic E-state index is 13.4. The van der Waals surface area contributed by atoms with E-state index in [0.717, 1.165) is 82.0 Å². The van der Waals surface area contributed by atoms with Crippen molar-refractivity contribution in [1.29, 1.82) is 0 Å². The summed E-state index contributed by atoms with van der Waals surface area (Å²) in [7, 11) is 2.17. The molecule has 0 aliphatic carbocycles. The summed E-state index contributed by atoms with van der Waals surface area (Å²) < 4.78 is 6.07. The number of hydrogen-bond donors (Lipinski definition) is 1. The molecular formula is C26H41N5O3. The number of likely N-dealkylation sites (N-methyl/N-ethyl adjacent to an activating group) is 1. The molecule has 1 N–H and O–H groups in total. The predicted octanol–water partition coefficient (Wildman–Crippen LogP) is 2.56. The molecule has 3 aliphatic rings. The molecule has 4 rings (SSSR count). The molecule has 0 radical (unpaired) electrons. The quantitative estimate of drug-likeness (QED) is 0.646. The number of piperidine rings is 1. The number of hydrogen-bond acceptors (Lipinski definition) is 5. The van der Waals surface area contributed by atoms with Gasteiger partial charge in [-0.05, 0) is 63.9 Å². The summed E-state index contributed by atoms with van der Waals surface area (Å²) >= 11 is 0. The molecule has 3 aliphatic heterocycles. The van der Waals surface area contributed by atoms with Crippen molar-refractivity contribution in [1.82, 2.24) is 20.0 Å². The summed E-state index contributed by atoms with van der Waals surface area (Å²) in [4.78, 5) is 34.7. The van der Waals surface area contributed by atoms with Crippen molar-refractivity contribution < 1.29 is 14.3 Å². The minimum Gasteiger partial charge on any atom is -0.486 e. The lowest BCUT2D eigenvalue weighted by Crippen LogP contribution is -2.52. The van der Waals surface area contributed by atoms with E-state index < -0.39 is 0 Å². The van der Waals surface area contributed by atoms with E-state index in [4.69, 9.17) is 4.74 Å². The summed E-state index contributed by atoms with van der Waals surface area (Å²) in [6.07, 6.45) is 3.29. The maximum Gasteiger partial charge on any atom is 0.324 e. The topological polar surface area (TPSA) is 68.4 Å². The van der Waals surface area contributed by atoms with Crippen molar-refractivity contribution >= 4 is 17.6 Å². The van der Waals surface area contributed by atoms with E-state index in [-0.39, 0.29) is 24.0 Å². The number of nitrogens with zero attached hydrogens (tertiary/aromatic N) is 4. The van der Waals surface area contributed by atoms with Gasteiger partial charge in [-0.3, -0.25) is 9.69 Å². The molecule has 188 valence electrons. The smallest absolute Gasteiger partial charge is 0.324 e. The Bertz CT molecular complexity index is 847. The highest BCUT2D eigenvalue weighted by molar-refractivity contribution is 5.94. The van der Waals surface area contributed by atoms with Gasteiger partial charge in [-0.2, -0.15) is 0 Å². The van der Waals surface area contributed by atoms with Crippen LogP contribution in [0.25, 0.3) is 0 Å². The number of benzene rings is 1. The van der Waals surface area contributed by atoms with Crippen molar-refractivity contribution in [2.45, 2.75) is 45.6 Å². The van der Waals surface area contributed by atoms with E-state index in [1.807, 2.05) is 34.9 Å². The number of nitrogens with one attached hydrogen (secondary N) is 1. The molecule has 8 heteroatoms. The predicted molar refractivity (Wildman–Crippen MR) is 134 cm³/mol. The van der Waals surface area contributed by atoms with Crippen LogP contribution in [0.4, 0.5) is 10.5 Å². The van der Waals surface area contributed by atoms with Gasteiger partial charge in [-0.1, -0.05) is 13.0 Å². The second-order valence-corrected chi connectivity index (χ2v) is 10.1. The Hall–Kier alpha value is -2.32. The summed E-state index contributed by atoms with van der Waals surface area (Å²) in [6, 6.07) is 6.04. The molecule has 2 saturated heterocycles. The molecule has 0 unspecified atom stereocenters. The van der Waals surface area contributed by atoms with Gasteiger partial charge >= 0.3 is 6.03 Å². The number of ether oxygens (including phenoxy) is 1. The number of fused-ring (bicyclic) bond motifs is 1. The van der Waals surface area contributed by atoms with Crippen LogP contribution < -0.4 is 15.0 Å². The van der Waals surface area contributed by atoms with E-state index in [0.29, 0.717) is 19.6 Å². The molecule has 0 aromatic heterocycles.